The molecule has 0 spiro atoms. The first-order valence-electron chi connectivity index (χ1n) is 7.99. The van der Waals surface area contributed by atoms with E-state index in [4.69, 9.17) is 0 Å². The molecule has 0 saturated heterocycles. The molecule has 106 valence electrons. The molecule has 0 amide bonds. The summed E-state index contributed by atoms with van der Waals surface area (Å²) in [7, 11) is 2.33. The lowest BCUT2D eigenvalue weighted by Gasteiger charge is -2.34. The Hall–Kier alpha value is -0.0800. The van der Waals surface area contributed by atoms with Gasteiger partial charge < -0.3 is 10.2 Å². The Balaban J connectivity index is 1.77. The molecule has 2 aliphatic carbocycles. The average molecular weight is 252 g/mol. The van der Waals surface area contributed by atoms with Crippen LogP contribution in [0.3, 0.4) is 0 Å². The highest BCUT2D eigenvalue weighted by Gasteiger charge is 2.35. The zero-order chi connectivity index (χ0) is 13.0. The van der Waals surface area contributed by atoms with Gasteiger partial charge in [-0.3, -0.25) is 0 Å². The summed E-state index contributed by atoms with van der Waals surface area (Å²) in [6.07, 6.45) is 8.72. The second kappa shape index (κ2) is 6.38. The first-order chi connectivity index (χ1) is 8.60. The molecule has 0 aromatic heterocycles. The van der Waals surface area contributed by atoms with E-state index < -0.39 is 0 Å². The van der Waals surface area contributed by atoms with Crippen molar-refractivity contribution in [2.45, 2.75) is 52.4 Å². The average Bonchev–Trinajstić information content (AvgIpc) is 2.97. The molecule has 18 heavy (non-hydrogen) atoms. The van der Waals surface area contributed by atoms with Crippen LogP contribution < -0.4 is 5.32 Å². The summed E-state index contributed by atoms with van der Waals surface area (Å²) in [5.41, 5.74) is 0.582. The second-order valence-electron chi connectivity index (χ2n) is 7.37. The fraction of sp³-hybridized carbons (Fsp3) is 1.00. The van der Waals surface area contributed by atoms with Crippen molar-refractivity contribution in [1.29, 1.82) is 0 Å². The third kappa shape index (κ3) is 4.55. The normalized spacial score (nSPS) is 23.2. The molecule has 0 radical (unpaired) electrons. The van der Waals surface area contributed by atoms with Crippen LogP contribution in [0, 0.1) is 17.3 Å². The van der Waals surface area contributed by atoms with Crippen LogP contribution in [0.15, 0.2) is 0 Å². The van der Waals surface area contributed by atoms with Crippen LogP contribution in [0.1, 0.15) is 52.4 Å². The molecule has 0 aliphatic heterocycles. The maximum absolute atomic E-state index is 3.72. The van der Waals surface area contributed by atoms with E-state index in [9.17, 15) is 0 Å². The van der Waals surface area contributed by atoms with Crippen molar-refractivity contribution in [2.24, 2.45) is 17.3 Å². The number of hydrogen-bond acceptors (Lipinski definition) is 2. The highest BCUT2D eigenvalue weighted by molar-refractivity contribution is 4.90. The molecule has 2 fully saturated rings. The van der Waals surface area contributed by atoms with E-state index in [0.717, 1.165) is 11.8 Å². The fourth-order valence-corrected chi connectivity index (χ4v) is 3.52. The van der Waals surface area contributed by atoms with Gasteiger partial charge in [0.1, 0.15) is 0 Å². The Morgan fingerprint density at radius 3 is 2.44 bits per heavy atom. The second-order valence-corrected chi connectivity index (χ2v) is 7.37. The zero-order valence-corrected chi connectivity index (χ0v) is 12.7. The van der Waals surface area contributed by atoms with E-state index >= 15 is 0 Å². The molecule has 2 nitrogen and oxygen atoms in total. The lowest BCUT2D eigenvalue weighted by Crippen LogP contribution is -2.42. The van der Waals surface area contributed by atoms with Gasteiger partial charge in [0.25, 0.3) is 0 Å². The molecule has 0 bridgehead atoms. The number of nitrogens with one attached hydrogen (secondary N) is 1. The lowest BCUT2D eigenvalue weighted by atomic mass is 9.85. The molecule has 2 rings (SSSR count). The predicted molar refractivity (Wildman–Crippen MR) is 78.8 cm³/mol. The van der Waals surface area contributed by atoms with Crippen molar-refractivity contribution >= 4 is 0 Å². The van der Waals surface area contributed by atoms with E-state index in [-0.39, 0.29) is 0 Å². The Labute approximate surface area is 114 Å². The Kier molecular flexibility index (Phi) is 5.08. The van der Waals surface area contributed by atoms with Gasteiger partial charge in [-0.15, -0.1) is 0 Å². The van der Waals surface area contributed by atoms with Crippen molar-refractivity contribution < 1.29 is 0 Å². The Morgan fingerprint density at radius 2 is 1.89 bits per heavy atom. The molecular weight excluding hydrogens is 220 g/mol. The maximum atomic E-state index is 3.72. The van der Waals surface area contributed by atoms with Gasteiger partial charge in [0, 0.05) is 19.6 Å². The predicted octanol–water partition coefficient (Wildman–Crippen LogP) is 3.13. The highest BCUT2D eigenvalue weighted by atomic mass is 15.1. The first kappa shape index (κ1) is 14.3. The topological polar surface area (TPSA) is 15.3 Å². The first-order valence-corrected chi connectivity index (χ1v) is 7.99. The van der Waals surface area contributed by atoms with Crippen molar-refractivity contribution in [1.82, 2.24) is 10.2 Å². The van der Waals surface area contributed by atoms with Crippen LogP contribution in [0.25, 0.3) is 0 Å². The van der Waals surface area contributed by atoms with Gasteiger partial charge in [0.05, 0.1) is 0 Å². The number of rotatable bonds is 8. The largest absolute Gasteiger partial charge is 0.316 e. The van der Waals surface area contributed by atoms with Crippen molar-refractivity contribution in [3.8, 4) is 0 Å². The molecule has 2 heteroatoms. The van der Waals surface area contributed by atoms with Crippen LogP contribution >= 0.6 is 0 Å². The van der Waals surface area contributed by atoms with Crippen molar-refractivity contribution in [3.05, 3.63) is 0 Å². The summed E-state index contributed by atoms with van der Waals surface area (Å²) < 4.78 is 0. The SMILES string of the molecule is CC(C)CNCC1(CN(C)CC2CC2)CCCC1. The van der Waals surface area contributed by atoms with Gasteiger partial charge in [-0.05, 0) is 56.5 Å². The molecular formula is C16H32N2. The minimum Gasteiger partial charge on any atom is -0.316 e. The van der Waals surface area contributed by atoms with E-state index in [1.54, 1.807) is 0 Å². The molecule has 0 aromatic carbocycles. The van der Waals surface area contributed by atoms with Gasteiger partial charge >= 0.3 is 0 Å². The van der Waals surface area contributed by atoms with E-state index in [1.165, 1.54) is 64.7 Å². The standard InChI is InChI=1S/C16H32N2/c1-14(2)10-17-12-16(8-4-5-9-16)13-18(3)11-15-6-7-15/h14-15,17H,4-13H2,1-3H3. The summed E-state index contributed by atoms with van der Waals surface area (Å²) in [6.45, 7) is 9.66. The lowest BCUT2D eigenvalue weighted by molar-refractivity contribution is 0.167. The molecule has 2 aliphatic rings. The molecule has 0 heterocycles. The van der Waals surface area contributed by atoms with Crippen LogP contribution in [-0.2, 0) is 0 Å². The molecule has 0 unspecified atom stereocenters. The monoisotopic (exact) mass is 252 g/mol. The smallest absolute Gasteiger partial charge is 0.00472 e. The Bertz CT molecular complexity index is 239. The van der Waals surface area contributed by atoms with Gasteiger partial charge in [-0.1, -0.05) is 26.7 Å². The fourth-order valence-electron chi connectivity index (χ4n) is 3.52. The van der Waals surface area contributed by atoms with Gasteiger partial charge in [0.15, 0.2) is 0 Å². The van der Waals surface area contributed by atoms with Crippen LogP contribution in [-0.4, -0.2) is 38.1 Å². The minimum absolute atomic E-state index is 0.582. The van der Waals surface area contributed by atoms with Crippen molar-refractivity contribution in [2.75, 3.05) is 33.2 Å². The summed E-state index contributed by atoms with van der Waals surface area (Å²) in [6, 6.07) is 0. The highest BCUT2D eigenvalue weighted by Crippen LogP contribution is 2.39. The summed E-state index contributed by atoms with van der Waals surface area (Å²) in [4.78, 5) is 2.61. The zero-order valence-electron chi connectivity index (χ0n) is 12.7. The molecule has 1 N–H and O–H groups in total. The summed E-state index contributed by atoms with van der Waals surface area (Å²) >= 11 is 0. The van der Waals surface area contributed by atoms with E-state index in [2.05, 4.69) is 31.1 Å². The van der Waals surface area contributed by atoms with Gasteiger partial charge in [0.2, 0.25) is 0 Å². The third-order valence-corrected chi connectivity index (χ3v) is 4.59. The molecule has 0 atom stereocenters. The van der Waals surface area contributed by atoms with Gasteiger partial charge in [-0.2, -0.15) is 0 Å². The number of hydrogen-bond donors (Lipinski definition) is 1. The van der Waals surface area contributed by atoms with Crippen LogP contribution in [0.4, 0.5) is 0 Å². The quantitative estimate of drug-likeness (QED) is 0.714. The minimum atomic E-state index is 0.582. The molecule has 2 saturated carbocycles. The van der Waals surface area contributed by atoms with E-state index in [0.29, 0.717) is 5.41 Å². The van der Waals surface area contributed by atoms with Crippen LogP contribution in [0.5, 0.6) is 0 Å². The molecule has 0 aromatic rings. The summed E-state index contributed by atoms with van der Waals surface area (Å²) in [5.74, 6) is 1.80. The Morgan fingerprint density at radius 1 is 1.22 bits per heavy atom. The third-order valence-electron chi connectivity index (χ3n) is 4.59. The summed E-state index contributed by atoms with van der Waals surface area (Å²) in [5, 5.41) is 3.72. The van der Waals surface area contributed by atoms with Gasteiger partial charge in [-0.25, -0.2) is 0 Å². The van der Waals surface area contributed by atoms with Crippen LogP contribution in [0.2, 0.25) is 0 Å². The number of nitrogens with zero attached hydrogens (tertiary/aromatic N) is 1. The maximum Gasteiger partial charge on any atom is 0.00472 e. The van der Waals surface area contributed by atoms with E-state index in [1.807, 2.05) is 0 Å². The van der Waals surface area contributed by atoms with Crippen molar-refractivity contribution in [3.63, 3.8) is 0 Å².